The first kappa shape index (κ1) is 17.5. The summed E-state index contributed by atoms with van der Waals surface area (Å²) in [6, 6.07) is 0. The number of hydrogen-bond acceptors (Lipinski definition) is 6. The Balaban J connectivity index is -0.000000107. The van der Waals surface area contributed by atoms with E-state index < -0.39 is 25.2 Å². The molecule has 0 saturated heterocycles. The summed E-state index contributed by atoms with van der Waals surface area (Å²) >= 11 is 0. The Kier molecular flexibility index (Phi) is 20.8. The molecule has 0 aromatic heterocycles. The van der Waals surface area contributed by atoms with Gasteiger partial charge in [0.1, 0.15) is 0 Å². The molecular weight excluding hydrogens is 281 g/mol. The van der Waals surface area contributed by atoms with Gasteiger partial charge in [-0.3, -0.25) is 0 Å². The van der Waals surface area contributed by atoms with Crippen molar-refractivity contribution in [2.75, 3.05) is 13.2 Å². The van der Waals surface area contributed by atoms with Gasteiger partial charge in [0, 0.05) is 0 Å². The molecule has 0 unspecified atom stereocenters. The van der Waals surface area contributed by atoms with Crippen molar-refractivity contribution in [3.63, 3.8) is 0 Å². The van der Waals surface area contributed by atoms with Crippen LogP contribution in [0.15, 0.2) is 0 Å². The summed E-state index contributed by atoms with van der Waals surface area (Å²) in [5.41, 5.74) is 0. The molecule has 0 amide bonds. The Bertz CT molecular complexity index is 99.1. The quantitative estimate of drug-likeness (QED) is 0.491. The normalized spacial score (nSPS) is 6.73. The molecule has 0 atom stereocenters. The summed E-state index contributed by atoms with van der Waals surface area (Å²) < 4.78 is 0. The zero-order valence-corrected chi connectivity index (χ0v) is 10.1. The predicted molar refractivity (Wildman–Crippen MR) is 29.9 cm³/mol. The Morgan fingerprint density at radius 1 is 1.00 bits per heavy atom. The third-order valence-electron chi connectivity index (χ3n) is 0.258. The fraction of sp³-hybridized carbons (Fsp3) is 0.500. The summed E-state index contributed by atoms with van der Waals surface area (Å²) in [5.74, 6) is -2.88. The largest absolute Gasteiger partial charge is 2.00 e. The van der Waals surface area contributed by atoms with Crippen molar-refractivity contribution in [1.82, 2.24) is 0 Å². The van der Waals surface area contributed by atoms with E-state index in [4.69, 9.17) is 30.0 Å². The number of carbonyl (C=O) groups excluding carboxylic acids is 2. The van der Waals surface area contributed by atoms with Crippen molar-refractivity contribution in [2.45, 2.75) is 0 Å². The van der Waals surface area contributed by atoms with E-state index in [1.54, 1.807) is 0 Å². The van der Waals surface area contributed by atoms with Gasteiger partial charge in [0.25, 0.3) is 0 Å². The molecule has 11 heavy (non-hydrogen) atoms. The van der Waals surface area contributed by atoms with E-state index in [-0.39, 0.29) is 48.9 Å². The van der Waals surface area contributed by atoms with Crippen molar-refractivity contribution >= 4 is 60.8 Å². The zero-order chi connectivity index (χ0) is 8.57. The van der Waals surface area contributed by atoms with E-state index in [2.05, 4.69) is 0 Å². The molecule has 0 aromatic rings. The van der Waals surface area contributed by atoms with Crippen LogP contribution in [0, 0.1) is 0 Å². The van der Waals surface area contributed by atoms with Crippen LogP contribution in [0.1, 0.15) is 0 Å². The molecule has 0 aliphatic carbocycles. The Hall–Kier alpha value is 0.431. The van der Waals surface area contributed by atoms with Gasteiger partial charge in [0.2, 0.25) is 0 Å². The van der Waals surface area contributed by atoms with Crippen LogP contribution >= 0.6 is 0 Å². The second kappa shape index (κ2) is 13.1. The molecule has 0 radical (unpaired) electrons. The van der Waals surface area contributed by atoms with Crippen molar-refractivity contribution in [3.8, 4) is 0 Å². The van der Waals surface area contributed by atoms with Crippen molar-refractivity contribution in [2.24, 2.45) is 0 Å². The van der Waals surface area contributed by atoms with Crippen LogP contribution in [0.4, 0.5) is 0 Å². The van der Waals surface area contributed by atoms with E-state index in [1.807, 2.05) is 0 Å². The molecule has 0 fully saturated rings. The number of aliphatic hydroxyl groups excluding tert-OH is 2. The van der Waals surface area contributed by atoms with Gasteiger partial charge >= 0.3 is 48.9 Å². The van der Waals surface area contributed by atoms with Gasteiger partial charge in [-0.05, 0) is 0 Å². The smallest absolute Gasteiger partial charge is 0.548 e. The van der Waals surface area contributed by atoms with Crippen LogP contribution in [0.25, 0.3) is 0 Å². The van der Waals surface area contributed by atoms with Crippen molar-refractivity contribution in [1.29, 1.82) is 0 Å². The monoisotopic (exact) mass is 288 g/mol. The van der Waals surface area contributed by atoms with E-state index in [9.17, 15) is 0 Å². The number of carboxylic acids is 2. The van der Waals surface area contributed by atoms with Gasteiger partial charge in [-0.2, -0.15) is 0 Å². The molecule has 60 valence electrons. The molecule has 0 aliphatic heterocycles. The van der Waals surface area contributed by atoms with Crippen LogP contribution in [0.2, 0.25) is 0 Å². The minimum absolute atomic E-state index is 0. The minimum atomic E-state index is -1.44. The first-order chi connectivity index (χ1) is 4.54. The average molecular weight is 287 g/mol. The number of aliphatic carboxylic acids is 2. The second-order valence-corrected chi connectivity index (χ2v) is 1.06. The Morgan fingerprint density at radius 2 is 1.09 bits per heavy atom. The van der Waals surface area contributed by atoms with Gasteiger partial charge in [-0.25, -0.2) is 0 Å². The van der Waals surface area contributed by atoms with Crippen LogP contribution < -0.4 is 10.2 Å². The van der Waals surface area contributed by atoms with Crippen LogP contribution in [0.5, 0.6) is 0 Å². The molecule has 7 heteroatoms. The standard InChI is InChI=1S/2C2H4O3.Ba/c2*3-1-2(4)5;/h2*3H,1H2,(H,4,5);/q;;+2/p-2. The maximum Gasteiger partial charge on any atom is 2.00 e. The molecule has 2 N–H and O–H groups in total. The van der Waals surface area contributed by atoms with Gasteiger partial charge in [0.05, 0.1) is 25.2 Å². The SMILES string of the molecule is O=C([O-])CO.O=C([O-])CO.[Ba+2]. The topological polar surface area (TPSA) is 121 Å². The fourth-order valence-corrected chi connectivity index (χ4v) is 0. The third-order valence-corrected chi connectivity index (χ3v) is 0.258. The Morgan fingerprint density at radius 3 is 1.09 bits per heavy atom. The van der Waals surface area contributed by atoms with Gasteiger partial charge in [-0.1, -0.05) is 0 Å². The Labute approximate surface area is 103 Å². The van der Waals surface area contributed by atoms with E-state index in [0.29, 0.717) is 0 Å². The van der Waals surface area contributed by atoms with Crippen LogP contribution in [0.3, 0.4) is 0 Å². The molecule has 0 spiro atoms. The fourth-order valence-electron chi connectivity index (χ4n) is 0. The predicted octanol–water partition coefficient (Wildman–Crippen LogP) is -4.92. The number of carbonyl (C=O) groups is 2. The van der Waals surface area contributed by atoms with Crippen LogP contribution in [-0.4, -0.2) is 84.2 Å². The summed E-state index contributed by atoms with van der Waals surface area (Å²) in [6.07, 6.45) is 0. The van der Waals surface area contributed by atoms with Crippen LogP contribution in [-0.2, 0) is 9.59 Å². The van der Waals surface area contributed by atoms with Gasteiger partial charge in [0.15, 0.2) is 0 Å². The van der Waals surface area contributed by atoms with Crippen molar-refractivity contribution < 1.29 is 30.0 Å². The molecule has 0 rings (SSSR count). The van der Waals surface area contributed by atoms with E-state index >= 15 is 0 Å². The molecular formula is C4H6BaO6. The number of aliphatic hydroxyl groups is 2. The van der Waals surface area contributed by atoms with Crippen molar-refractivity contribution in [3.05, 3.63) is 0 Å². The summed E-state index contributed by atoms with van der Waals surface area (Å²) in [6.45, 7) is -1.78. The maximum atomic E-state index is 9.01. The summed E-state index contributed by atoms with van der Waals surface area (Å²) in [7, 11) is 0. The first-order valence-electron chi connectivity index (χ1n) is 2.16. The zero-order valence-electron chi connectivity index (χ0n) is 5.65. The third kappa shape index (κ3) is 37.8. The van der Waals surface area contributed by atoms with Gasteiger partial charge in [-0.15, -0.1) is 0 Å². The summed E-state index contributed by atoms with van der Waals surface area (Å²) in [4.78, 5) is 18.0. The molecule has 0 aliphatic rings. The number of rotatable bonds is 2. The maximum absolute atomic E-state index is 9.01. The number of hydrogen-bond donors (Lipinski definition) is 2. The molecule has 0 aromatic carbocycles. The molecule has 0 saturated carbocycles. The van der Waals surface area contributed by atoms with E-state index in [1.165, 1.54) is 0 Å². The number of carboxylic acid groups (broad SMARTS) is 2. The summed E-state index contributed by atoms with van der Waals surface area (Å²) in [5, 5.41) is 33.0. The molecule has 6 nitrogen and oxygen atoms in total. The minimum Gasteiger partial charge on any atom is -0.548 e. The molecule has 0 bridgehead atoms. The van der Waals surface area contributed by atoms with E-state index in [0.717, 1.165) is 0 Å². The molecule has 0 heterocycles. The first-order valence-corrected chi connectivity index (χ1v) is 2.16. The van der Waals surface area contributed by atoms with Gasteiger partial charge < -0.3 is 30.0 Å². The second-order valence-electron chi connectivity index (χ2n) is 1.06. The average Bonchev–Trinajstić information content (AvgIpc) is 1.89.